The monoisotopic (exact) mass is 567 g/mol. The molecule has 1 aliphatic carbocycles. The zero-order valence-electron chi connectivity index (χ0n) is 21.5. The normalized spacial score (nSPS) is 13.2. The Hall–Kier alpha value is -4.69. The van der Waals surface area contributed by atoms with Gasteiger partial charge in [-0.05, 0) is 62.2 Å². The second-order valence-corrected chi connectivity index (χ2v) is 10.7. The molecule has 0 unspecified atom stereocenters. The van der Waals surface area contributed by atoms with Gasteiger partial charge in [0.1, 0.15) is 22.2 Å². The van der Waals surface area contributed by atoms with Gasteiger partial charge >= 0.3 is 0 Å². The summed E-state index contributed by atoms with van der Waals surface area (Å²) in [6.07, 6.45) is 2.83. The largest absolute Gasteiger partial charge is 0.497 e. The zero-order chi connectivity index (χ0) is 28.4. The van der Waals surface area contributed by atoms with Crippen molar-refractivity contribution in [1.29, 1.82) is 0 Å². The first-order valence-corrected chi connectivity index (χ1v) is 13.7. The number of nitrogens with one attached hydrogen (secondary N) is 2. The van der Waals surface area contributed by atoms with Crippen LogP contribution in [0, 0.1) is 17.0 Å². The standard InChI is InChI=1S/C26H25N5O8S/c1-16-24(25(32)27-15-21-4-3-13-38-21)28-30(18-7-10-20(37-2)11-8-18)26(16)39-22-12-9-19(31(33)34)14-23(22)40(35,36)29-17-5-6-17/h3-4,7-14,17,29H,5-6,15H2,1-2H3,(H,27,32). The molecule has 5 rings (SSSR count). The SMILES string of the molecule is COc1ccc(-n2nc(C(=O)NCc3ccco3)c(C)c2Oc2ccc([N+](=O)[O-])cc2S(=O)(=O)NC2CC2)cc1. The fraction of sp³-hybridized carbons (Fsp3) is 0.231. The van der Waals surface area contributed by atoms with Crippen LogP contribution < -0.4 is 19.5 Å². The van der Waals surface area contributed by atoms with Crippen LogP contribution >= 0.6 is 0 Å². The van der Waals surface area contributed by atoms with Crippen LogP contribution in [0.25, 0.3) is 5.69 Å². The number of carbonyl (C=O) groups is 1. The number of ether oxygens (including phenoxy) is 2. The maximum absolute atomic E-state index is 13.2. The van der Waals surface area contributed by atoms with E-state index in [9.17, 15) is 23.3 Å². The number of sulfonamides is 1. The molecular formula is C26H25N5O8S. The molecule has 1 aliphatic rings. The summed E-state index contributed by atoms with van der Waals surface area (Å²) in [6, 6.07) is 13.2. The lowest BCUT2D eigenvalue weighted by molar-refractivity contribution is -0.385. The topological polar surface area (TPSA) is 168 Å². The van der Waals surface area contributed by atoms with Crippen molar-refractivity contribution in [3.8, 4) is 23.1 Å². The molecule has 0 spiro atoms. The molecule has 0 radical (unpaired) electrons. The molecule has 13 nitrogen and oxygen atoms in total. The molecule has 208 valence electrons. The molecule has 2 heterocycles. The second-order valence-electron chi connectivity index (χ2n) is 9.04. The molecule has 40 heavy (non-hydrogen) atoms. The van der Waals surface area contributed by atoms with Gasteiger partial charge in [0.25, 0.3) is 11.6 Å². The van der Waals surface area contributed by atoms with Crippen LogP contribution in [0.15, 0.2) is 70.2 Å². The number of hydrogen-bond acceptors (Lipinski definition) is 9. The Morgan fingerprint density at radius 1 is 1.20 bits per heavy atom. The summed E-state index contributed by atoms with van der Waals surface area (Å²) in [5.74, 6) is 0.490. The summed E-state index contributed by atoms with van der Waals surface area (Å²) in [4.78, 5) is 23.4. The van der Waals surface area contributed by atoms with Crippen molar-refractivity contribution in [1.82, 2.24) is 19.8 Å². The summed E-state index contributed by atoms with van der Waals surface area (Å²) in [5, 5.41) is 18.6. The van der Waals surface area contributed by atoms with Crippen molar-refractivity contribution >= 4 is 21.6 Å². The van der Waals surface area contributed by atoms with E-state index < -0.39 is 31.4 Å². The van der Waals surface area contributed by atoms with Crippen molar-refractivity contribution in [3.05, 3.63) is 88.0 Å². The number of nitro groups is 1. The second kappa shape index (κ2) is 10.8. The number of non-ortho nitro benzene ring substituents is 1. The maximum Gasteiger partial charge on any atom is 0.272 e. The predicted molar refractivity (Wildman–Crippen MR) is 141 cm³/mol. The van der Waals surface area contributed by atoms with Crippen molar-refractivity contribution < 1.29 is 32.0 Å². The van der Waals surface area contributed by atoms with E-state index in [1.807, 2.05) is 0 Å². The highest BCUT2D eigenvalue weighted by Gasteiger charge is 2.32. The smallest absolute Gasteiger partial charge is 0.272 e. The van der Waals surface area contributed by atoms with Gasteiger partial charge in [0.2, 0.25) is 15.9 Å². The molecule has 0 saturated heterocycles. The van der Waals surface area contributed by atoms with Crippen molar-refractivity contribution in [2.45, 2.75) is 37.2 Å². The predicted octanol–water partition coefficient (Wildman–Crippen LogP) is 3.85. The van der Waals surface area contributed by atoms with Gasteiger partial charge in [-0.1, -0.05) is 0 Å². The van der Waals surface area contributed by atoms with E-state index in [0.29, 0.717) is 35.6 Å². The summed E-state index contributed by atoms with van der Waals surface area (Å²) >= 11 is 0. The highest BCUT2D eigenvalue weighted by molar-refractivity contribution is 7.89. The zero-order valence-corrected chi connectivity index (χ0v) is 22.3. The van der Waals surface area contributed by atoms with Crippen molar-refractivity contribution in [3.63, 3.8) is 0 Å². The molecule has 2 N–H and O–H groups in total. The van der Waals surface area contributed by atoms with Gasteiger partial charge in [-0.3, -0.25) is 14.9 Å². The molecule has 1 saturated carbocycles. The van der Waals surface area contributed by atoms with Crippen LogP contribution in [0.2, 0.25) is 0 Å². The van der Waals surface area contributed by atoms with E-state index in [2.05, 4.69) is 15.1 Å². The number of benzene rings is 2. The average molecular weight is 568 g/mol. The van der Waals surface area contributed by atoms with Crippen LogP contribution in [0.5, 0.6) is 17.4 Å². The Balaban J connectivity index is 1.57. The fourth-order valence-electron chi connectivity index (χ4n) is 3.87. The third-order valence-electron chi connectivity index (χ3n) is 6.14. The minimum Gasteiger partial charge on any atom is -0.497 e. The minimum atomic E-state index is -4.16. The summed E-state index contributed by atoms with van der Waals surface area (Å²) < 4.78 is 46.8. The molecule has 2 aromatic heterocycles. The minimum absolute atomic E-state index is 0.0276. The first kappa shape index (κ1) is 26.9. The van der Waals surface area contributed by atoms with Crippen LogP contribution in [0.4, 0.5) is 5.69 Å². The molecule has 0 aliphatic heterocycles. The molecule has 4 aromatic rings. The number of amides is 1. The third-order valence-corrected chi connectivity index (χ3v) is 7.68. The molecule has 0 bridgehead atoms. The number of aromatic nitrogens is 2. The highest BCUT2D eigenvalue weighted by Crippen LogP contribution is 2.36. The molecule has 1 amide bonds. The average Bonchev–Trinajstić information content (AvgIpc) is 3.46. The Morgan fingerprint density at radius 3 is 2.58 bits per heavy atom. The lowest BCUT2D eigenvalue weighted by Gasteiger charge is -2.14. The Bertz CT molecular complexity index is 1660. The van der Waals surface area contributed by atoms with Crippen LogP contribution in [-0.2, 0) is 16.6 Å². The first-order valence-electron chi connectivity index (χ1n) is 12.2. The third kappa shape index (κ3) is 5.67. The lowest BCUT2D eigenvalue weighted by Crippen LogP contribution is -2.26. The fourth-order valence-corrected chi connectivity index (χ4v) is 5.32. The molecule has 14 heteroatoms. The van der Waals surface area contributed by atoms with Gasteiger partial charge in [-0.2, -0.15) is 9.78 Å². The van der Waals surface area contributed by atoms with E-state index in [1.54, 1.807) is 43.3 Å². The van der Waals surface area contributed by atoms with Gasteiger partial charge in [-0.15, -0.1) is 0 Å². The number of nitro benzene ring substituents is 1. The van der Waals surface area contributed by atoms with E-state index in [4.69, 9.17) is 13.9 Å². The van der Waals surface area contributed by atoms with Gasteiger partial charge in [0, 0.05) is 23.7 Å². The van der Waals surface area contributed by atoms with Crippen LogP contribution in [0.3, 0.4) is 0 Å². The van der Waals surface area contributed by atoms with Crippen molar-refractivity contribution in [2.75, 3.05) is 7.11 Å². The van der Waals surface area contributed by atoms with Crippen LogP contribution in [0.1, 0.15) is 34.7 Å². The molecule has 2 aromatic carbocycles. The van der Waals surface area contributed by atoms with Crippen LogP contribution in [-0.4, -0.2) is 42.2 Å². The number of rotatable bonds is 11. The van der Waals surface area contributed by atoms with E-state index in [-0.39, 0.29) is 29.9 Å². The molecule has 1 fully saturated rings. The van der Waals surface area contributed by atoms with E-state index >= 15 is 0 Å². The highest BCUT2D eigenvalue weighted by atomic mass is 32.2. The quantitative estimate of drug-likeness (QED) is 0.202. The van der Waals surface area contributed by atoms with Gasteiger partial charge in [-0.25, -0.2) is 13.1 Å². The van der Waals surface area contributed by atoms with Gasteiger partial charge < -0.3 is 19.2 Å². The first-order chi connectivity index (χ1) is 19.2. The summed E-state index contributed by atoms with van der Waals surface area (Å²) in [6.45, 7) is 1.72. The van der Waals surface area contributed by atoms with Gasteiger partial charge in [0.15, 0.2) is 5.69 Å². The molecule has 0 atom stereocenters. The Morgan fingerprint density at radius 2 is 1.95 bits per heavy atom. The van der Waals surface area contributed by atoms with E-state index in [1.165, 1.54) is 24.1 Å². The molecular weight excluding hydrogens is 542 g/mol. The number of methoxy groups -OCH3 is 1. The Kier molecular flexibility index (Phi) is 7.28. The summed E-state index contributed by atoms with van der Waals surface area (Å²) in [7, 11) is -2.64. The van der Waals surface area contributed by atoms with E-state index in [0.717, 1.165) is 12.1 Å². The number of hydrogen-bond donors (Lipinski definition) is 2. The lowest BCUT2D eigenvalue weighted by atomic mass is 10.2. The number of nitrogens with zero attached hydrogens (tertiary/aromatic N) is 3. The number of carbonyl (C=O) groups excluding carboxylic acids is 1. The van der Waals surface area contributed by atoms with Crippen molar-refractivity contribution in [2.24, 2.45) is 0 Å². The van der Waals surface area contributed by atoms with Gasteiger partial charge in [0.05, 0.1) is 30.5 Å². The number of furan rings is 1. The maximum atomic E-state index is 13.2. The Labute approximate surface area is 228 Å². The summed E-state index contributed by atoms with van der Waals surface area (Å²) in [5.41, 5.74) is 0.415.